The van der Waals surface area contributed by atoms with Crippen LogP contribution >= 0.6 is 23.8 Å². The number of tetrazole rings is 1. The van der Waals surface area contributed by atoms with Crippen LogP contribution in [0, 0.1) is 10.6 Å². The first-order valence-corrected chi connectivity index (χ1v) is 8.04. The Balaban J connectivity index is 1.77. The first-order valence-electron chi connectivity index (χ1n) is 7.26. The third-order valence-corrected chi connectivity index (χ3v) is 4.24. The van der Waals surface area contributed by atoms with E-state index in [1.807, 2.05) is 42.3 Å². The second-order valence-electron chi connectivity index (χ2n) is 5.36. The van der Waals surface area contributed by atoms with Gasteiger partial charge in [-0.15, -0.1) is 0 Å². The molecule has 0 radical (unpaired) electrons. The molecule has 0 fully saturated rings. The van der Waals surface area contributed by atoms with E-state index in [2.05, 4.69) is 10.4 Å². The first kappa shape index (κ1) is 16.8. The van der Waals surface area contributed by atoms with Crippen molar-refractivity contribution in [3.63, 3.8) is 0 Å². The quantitative estimate of drug-likeness (QED) is 0.648. The van der Waals surface area contributed by atoms with E-state index in [1.54, 1.807) is 21.5 Å². The summed E-state index contributed by atoms with van der Waals surface area (Å²) in [6.45, 7) is 0.710. The highest BCUT2D eigenvalue weighted by atomic mass is 35.5. The minimum Gasteiger partial charge on any atom is -0.283 e. The van der Waals surface area contributed by atoms with Crippen LogP contribution in [0.15, 0.2) is 48.5 Å². The van der Waals surface area contributed by atoms with Crippen LogP contribution in [0.4, 0.5) is 4.39 Å². The Morgan fingerprint density at radius 3 is 2.58 bits per heavy atom. The molecule has 3 aromatic rings. The Bertz CT molecular complexity index is 873. The molecule has 0 aliphatic heterocycles. The van der Waals surface area contributed by atoms with Gasteiger partial charge < -0.3 is 0 Å². The van der Waals surface area contributed by atoms with E-state index < -0.39 is 0 Å². The monoisotopic (exact) mass is 363 g/mol. The van der Waals surface area contributed by atoms with Crippen molar-refractivity contribution in [3.8, 4) is 5.69 Å². The Hall–Kier alpha value is -2.09. The van der Waals surface area contributed by atoms with Gasteiger partial charge in [0.2, 0.25) is 4.77 Å². The predicted octanol–water partition coefficient (Wildman–Crippen LogP) is 3.68. The Morgan fingerprint density at radius 1 is 1.12 bits per heavy atom. The SMILES string of the molecule is CN(Cc1c(F)cccc1Cl)Cn1nnn(-c2ccccc2)c1=S. The summed E-state index contributed by atoms with van der Waals surface area (Å²) in [6, 6.07) is 14.2. The second-order valence-corrected chi connectivity index (χ2v) is 6.14. The summed E-state index contributed by atoms with van der Waals surface area (Å²) >= 11 is 11.5. The molecular weight excluding hydrogens is 349 g/mol. The number of aromatic nitrogens is 4. The summed E-state index contributed by atoms with van der Waals surface area (Å²) in [6.07, 6.45) is 0. The van der Waals surface area contributed by atoms with Gasteiger partial charge in [-0.1, -0.05) is 35.9 Å². The number of benzene rings is 2. The van der Waals surface area contributed by atoms with E-state index in [4.69, 9.17) is 23.8 Å². The average molecular weight is 364 g/mol. The third kappa shape index (κ3) is 3.53. The van der Waals surface area contributed by atoms with Crippen molar-refractivity contribution < 1.29 is 4.39 Å². The summed E-state index contributed by atoms with van der Waals surface area (Å²) in [4.78, 5) is 1.87. The van der Waals surface area contributed by atoms with Gasteiger partial charge in [0.25, 0.3) is 0 Å². The maximum atomic E-state index is 13.9. The molecule has 0 saturated carbocycles. The van der Waals surface area contributed by atoms with Gasteiger partial charge in [0.05, 0.1) is 12.4 Å². The van der Waals surface area contributed by atoms with Crippen LogP contribution < -0.4 is 0 Å². The van der Waals surface area contributed by atoms with Crippen molar-refractivity contribution in [1.29, 1.82) is 0 Å². The lowest BCUT2D eigenvalue weighted by Gasteiger charge is -2.17. The van der Waals surface area contributed by atoms with Gasteiger partial charge in [0.15, 0.2) is 0 Å². The average Bonchev–Trinajstić information content (AvgIpc) is 2.93. The van der Waals surface area contributed by atoms with Crippen LogP contribution in [0.1, 0.15) is 5.56 Å². The van der Waals surface area contributed by atoms with Crippen LogP contribution in [0.25, 0.3) is 5.69 Å². The number of hydrogen-bond acceptors (Lipinski definition) is 4. The maximum absolute atomic E-state index is 13.9. The smallest absolute Gasteiger partial charge is 0.221 e. The minimum absolute atomic E-state index is 0.328. The number of halogens is 2. The third-order valence-electron chi connectivity index (χ3n) is 3.51. The molecule has 0 aliphatic rings. The van der Waals surface area contributed by atoms with E-state index >= 15 is 0 Å². The van der Waals surface area contributed by atoms with E-state index in [9.17, 15) is 4.39 Å². The standard InChI is InChI=1S/C16H15ClFN5S/c1-21(10-13-14(17)8-5-9-15(13)18)11-22-16(24)23(20-19-22)12-6-3-2-4-7-12/h2-9H,10-11H2,1H3. The normalized spacial score (nSPS) is 11.2. The lowest BCUT2D eigenvalue weighted by molar-refractivity contribution is 0.239. The van der Waals surface area contributed by atoms with Gasteiger partial charge >= 0.3 is 0 Å². The maximum Gasteiger partial charge on any atom is 0.221 e. The highest BCUT2D eigenvalue weighted by molar-refractivity contribution is 7.71. The first-order chi connectivity index (χ1) is 11.6. The fourth-order valence-electron chi connectivity index (χ4n) is 2.33. The number of rotatable bonds is 5. The molecule has 8 heteroatoms. The highest BCUT2D eigenvalue weighted by Gasteiger charge is 2.12. The molecule has 0 amide bonds. The summed E-state index contributed by atoms with van der Waals surface area (Å²) in [5, 5.41) is 8.56. The van der Waals surface area contributed by atoms with Gasteiger partial charge in [0, 0.05) is 17.1 Å². The molecule has 1 heterocycles. The van der Waals surface area contributed by atoms with E-state index in [0.29, 0.717) is 28.6 Å². The molecule has 2 aromatic carbocycles. The van der Waals surface area contributed by atoms with Gasteiger partial charge in [0.1, 0.15) is 5.82 Å². The molecule has 0 saturated heterocycles. The molecule has 0 spiro atoms. The van der Waals surface area contributed by atoms with Gasteiger partial charge in [-0.05, 0) is 54.0 Å². The summed E-state index contributed by atoms with van der Waals surface area (Å²) < 4.78 is 17.5. The molecule has 0 N–H and O–H groups in total. The fraction of sp³-hybridized carbons (Fsp3) is 0.188. The van der Waals surface area contributed by atoms with E-state index in [1.165, 1.54) is 6.07 Å². The number of nitrogens with zero attached hydrogens (tertiary/aromatic N) is 5. The summed E-state index contributed by atoms with van der Waals surface area (Å²) in [7, 11) is 1.84. The molecular formula is C16H15ClFN5S. The second kappa shape index (κ2) is 7.21. The molecule has 124 valence electrons. The van der Waals surface area contributed by atoms with Crippen LogP contribution in [-0.2, 0) is 13.2 Å². The molecule has 1 aromatic heterocycles. The Kier molecular flexibility index (Phi) is 5.03. The van der Waals surface area contributed by atoms with Crippen molar-refractivity contribution in [2.45, 2.75) is 13.2 Å². The van der Waals surface area contributed by atoms with Crippen molar-refractivity contribution in [2.75, 3.05) is 7.05 Å². The zero-order valence-electron chi connectivity index (χ0n) is 12.9. The lowest BCUT2D eigenvalue weighted by atomic mass is 10.2. The molecule has 0 atom stereocenters. The Labute approximate surface area is 148 Å². The van der Waals surface area contributed by atoms with Gasteiger partial charge in [-0.3, -0.25) is 4.90 Å². The van der Waals surface area contributed by atoms with Gasteiger partial charge in [-0.25, -0.2) is 9.07 Å². The number of para-hydroxylation sites is 1. The largest absolute Gasteiger partial charge is 0.283 e. The fourth-order valence-corrected chi connectivity index (χ4v) is 2.79. The van der Waals surface area contributed by atoms with E-state index in [0.717, 1.165) is 5.69 Å². The van der Waals surface area contributed by atoms with Crippen molar-refractivity contribution >= 4 is 23.8 Å². The molecule has 5 nitrogen and oxygen atoms in total. The van der Waals surface area contributed by atoms with Crippen LogP contribution in [0.5, 0.6) is 0 Å². The molecule has 0 unspecified atom stereocenters. The Morgan fingerprint density at radius 2 is 1.88 bits per heavy atom. The molecule has 24 heavy (non-hydrogen) atoms. The van der Waals surface area contributed by atoms with Crippen molar-refractivity contribution in [3.05, 3.63) is 69.7 Å². The van der Waals surface area contributed by atoms with Crippen molar-refractivity contribution in [2.24, 2.45) is 0 Å². The van der Waals surface area contributed by atoms with Crippen molar-refractivity contribution in [1.82, 2.24) is 24.7 Å². The zero-order valence-corrected chi connectivity index (χ0v) is 14.5. The topological polar surface area (TPSA) is 38.9 Å². The lowest BCUT2D eigenvalue weighted by Crippen LogP contribution is -2.23. The highest BCUT2D eigenvalue weighted by Crippen LogP contribution is 2.20. The van der Waals surface area contributed by atoms with E-state index in [-0.39, 0.29) is 5.82 Å². The molecule has 0 aliphatic carbocycles. The molecule has 0 bridgehead atoms. The predicted molar refractivity (Wildman–Crippen MR) is 93.1 cm³/mol. The summed E-state index contributed by atoms with van der Waals surface area (Å²) in [5.74, 6) is -0.328. The molecule has 3 rings (SSSR count). The number of hydrogen-bond donors (Lipinski definition) is 0. The summed E-state index contributed by atoms with van der Waals surface area (Å²) in [5.41, 5.74) is 1.29. The van der Waals surface area contributed by atoms with Crippen LogP contribution in [0.3, 0.4) is 0 Å². The minimum atomic E-state index is -0.328. The zero-order chi connectivity index (χ0) is 17.1. The van der Waals surface area contributed by atoms with Crippen LogP contribution in [0.2, 0.25) is 5.02 Å². The van der Waals surface area contributed by atoms with Crippen LogP contribution in [-0.4, -0.2) is 31.7 Å². The van der Waals surface area contributed by atoms with Gasteiger partial charge in [-0.2, -0.15) is 4.68 Å².